The van der Waals surface area contributed by atoms with Gasteiger partial charge < -0.3 is 14.7 Å². The van der Waals surface area contributed by atoms with Gasteiger partial charge in [-0.3, -0.25) is 19.0 Å². The number of Topliss-reactive ketones (excluding diaryl/α,β-unsaturated/α-hetero) is 1. The summed E-state index contributed by atoms with van der Waals surface area (Å²) in [5.41, 5.74) is -1.35. The Morgan fingerprint density at radius 1 is 1.14 bits per heavy atom. The average Bonchev–Trinajstić information content (AvgIpc) is 3.75. The molecule has 1 N–H and O–H groups in total. The number of aromatic nitrogens is 5. The summed E-state index contributed by atoms with van der Waals surface area (Å²) in [5.74, 6) is -0.379. The molecule has 0 atom stereocenters. The first kappa shape index (κ1) is 31.8. The Balaban J connectivity index is 0.000000782. The number of methoxy groups -OCH3 is 1. The molecule has 4 heterocycles. The molecule has 1 fully saturated rings. The van der Waals surface area contributed by atoms with Crippen LogP contribution in [0.4, 0.5) is 4.39 Å². The van der Waals surface area contributed by atoms with Crippen molar-refractivity contribution in [2.75, 3.05) is 26.8 Å². The van der Waals surface area contributed by atoms with E-state index >= 15 is 0 Å². The number of thiophene rings is 1. The zero-order valence-corrected chi connectivity index (χ0v) is 25.6. The van der Waals surface area contributed by atoms with Crippen LogP contribution < -0.4 is 16.0 Å². The third-order valence-electron chi connectivity index (χ3n) is 7.33. The normalized spacial score (nSPS) is 13.2. The molecule has 1 aromatic carbocycles. The van der Waals surface area contributed by atoms with Gasteiger partial charge in [0.15, 0.2) is 5.78 Å². The van der Waals surface area contributed by atoms with Crippen LogP contribution in [0.15, 0.2) is 40.2 Å². The van der Waals surface area contributed by atoms with E-state index in [1.54, 1.807) is 31.7 Å². The first-order valence-electron chi connectivity index (χ1n) is 13.8. The number of rotatable bonds is 8. The predicted octanol–water partition coefficient (Wildman–Crippen LogP) is 2.43. The van der Waals surface area contributed by atoms with Crippen molar-refractivity contribution in [2.45, 2.75) is 59.0 Å². The molecule has 1 aliphatic heterocycles. The van der Waals surface area contributed by atoms with Gasteiger partial charge in [0, 0.05) is 25.2 Å². The quantitative estimate of drug-likeness (QED) is 0.319. The molecule has 0 bridgehead atoms. The fourth-order valence-electron chi connectivity index (χ4n) is 5.11. The first-order valence-corrected chi connectivity index (χ1v) is 14.6. The van der Waals surface area contributed by atoms with Gasteiger partial charge in [0.05, 0.1) is 24.9 Å². The van der Waals surface area contributed by atoms with E-state index in [0.29, 0.717) is 45.2 Å². The van der Waals surface area contributed by atoms with Crippen LogP contribution in [0.5, 0.6) is 5.75 Å². The SMILES string of the molecule is CC(=O)CO.COc1ccc(F)cc1CCn1c(=O)n(C(C)(C)C(=O)N2CCCC2)c(=O)c2c(C)c(-n3nccn3)sc21. The average molecular weight is 615 g/mol. The Hall–Kier alpha value is -4.17. The number of likely N-dealkylation sites (tertiary alicyclic amines) is 1. The minimum Gasteiger partial charge on any atom is -0.496 e. The zero-order valence-electron chi connectivity index (χ0n) is 24.8. The van der Waals surface area contributed by atoms with E-state index in [2.05, 4.69) is 10.2 Å². The van der Waals surface area contributed by atoms with E-state index < -0.39 is 22.6 Å². The Kier molecular flexibility index (Phi) is 9.60. The van der Waals surface area contributed by atoms with Crippen molar-refractivity contribution >= 4 is 33.2 Å². The summed E-state index contributed by atoms with van der Waals surface area (Å²) in [6, 6.07) is 4.22. The van der Waals surface area contributed by atoms with Crippen LogP contribution in [0, 0.1) is 12.7 Å². The van der Waals surface area contributed by atoms with Crippen molar-refractivity contribution in [1.29, 1.82) is 0 Å². The van der Waals surface area contributed by atoms with Gasteiger partial charge in [-0.1, -0.05) is 11.3 Å². The van der Waals surface area contributed by atoms with E-state index in [1.807, 2.05) is 0 Å². The number of hydrogen-bond donors (Lipinski definition) is 1. The lowest BCUT2D eigenvalue weighted by Crippen LogP contribution is -2.56. The number of amides is 1. The van der Waals surface area contributed by atoms with Crippen molar-refractivity contribution in [2.24, 2.45) is 0 Å². The van der Waals surface area contributed by atoms with Gasteiger partial charge in [-0.25, -0.2) is 13.8 Å². The molecule has 0 unspecified atom stereocenters. The number of benzene rings is 1. The number of ketones is 1. The van der Waals surface area contributed by atoms with Crippen LogP contribution >= 0.6 is 11.3 Å². The van der Waals surface area contributed by atoms with E-state index in [-0.39, 0.29) is 31.3 Å². The standard InChI is InChI=1S/C26H29FN6O4S.C3H6O2/c1-16-20-21(34)32(26(2,3)24(35)30-12-5-6-13-30)25(36)31(23(20)38-22(16)33-28-10-11-29-33)14-9-17-15-18(27)7-8-19(17)37-4;1-3(5)2-4/h7-8,10-11,15H,5-6,9,12-14H2,1-4H3;4H,2H2,1H3. The minimum atomic E-state index is -1.41. The number of aliphatic hydroxyl groups is 1. The highest BCUT2D eigenvalue weighted by atomic mass is 32.1. The zero-order chi connectivity index (χ0) is 31.5. The second kappa shape index (κ2) is 13.0. The summed E-state index contributed by atoms with van der Waals surface area (Å²) in [6.07, 6.45) is 5.10. The van der Waals surface area contributed by atoms with Gasteiger partial charge in [-0.05, 0) is 70.7 Å². The smallest absolute Gasteiger partial charge is 0.333 e. The van der Waals surface area contributed by atoms with E-state index in [1.165, 1.54) is 59.3 Å². The number of aryl methyl sites for hydroxylation is 3. The van der Waals surface area contributed by atoms with Gasteiger partial charge in [0.1, 0.15) is 33.5 Å². The maximum atomic E-state index is 14.0. The molecule has 1 aliphatic rings. The predicted molar refractivity (Wildman–Crippen MR) is 160 cm³/mol. The summed E-state index contributed by atoms with van der Waals surface area (Å²) in [4.78, 5) is 54.7. The summed E-state index contributed by atoms with van der Waals surface area (Å²) >= 11 is 1.22. The minimum absolute atomic E-state index is 0.134. The molecular weight excluding hydrogens is 579 g/mol. The molecule has 1 amide bonds. The Morgan fingerprint density at radius 2 is 1.77 bits per heavy atom. The van der Waals surface area contributed by atoms with E-state index in [0.717, 1.165) is 17.4 Å². The van der Waals surface area contributed by atoms with Gasteiger partial charge >= 0.3 is 5.69 Å². The second-order valence-electron chi connectivity index (χ2n) is 10.7. The molecule has 4 aromatic rings. The number of aliphatic hydroxyl groups excluding tert-OH is 1. The van der Waals surface area contributed by atoms with Crippen molar-refractivity contribution in [3.63, 3.8) is 0 Å². The molecule has 0 spiro atoms. The lowest BCUT2D eigenvalue weighted by atomic mass is 10.0. The van der Waals surface area contributed by atoms with Crippen LogP contribution in [0.1, 0.15) is 44.7 Å². The molecule has 43 heavy (non-hydrogen) atoms. The molecule has 1 saturated heterocycles. The molecule has 12 nitrogen and oxygen atoms in total. The fourth-order valence-corrected chi connectivity index (χ4v) is 6.35. The van der Waals surface area contributed by atoms with E-state index in [9.17, 15) is 23.6 Å². The maximum Gasteiger partial charge on any atom is 0.333 e. The first-order chi connectivity index (χ1) is 20.4. The number of hydrogen-bond acceptors (Lipinski definition) is 9. The van der Waals surface area contributed by atoms with Crippen LogP contribution in [0.25, 0.3) is 15.2 Å². The molecule has 0 saturated carbocycles. The van der Waals surface area contributed by atoms with Crippen molar-refractivity contribution in [3.8, 4) is 10.8 Å². The van der Waals surface area contributed by atoms with Crippen LogP contribution in [0.3, 0.4) is 0 Å². The molecule has 5 rings (SSSR count). The van der Waals surface area contributed by atoms with Gasteiger partial charge in [0.25, 0.3) is 5.56 Å². The Morgan fingerprint density at radius 3 is 2.35 bits per heavy atom. The number of ether oxygens (including phenoxy) is 1. The lowest BCUT2D eigenvalue weighted by molar-refractivity contribution is -0.138. The molecule has 14 heteroatoms. The molecule has 0 aliphatic carbocycles. The van der Waals surface area contributed by atoms with E-state index in [4.69, 9.17) is 9.84 Å². The molecule has 0 radical (unpaired) electrons. The maximum absolute atomic E-state index is 14.0. The fraction of sp³-hybridized carbons (Fsp3) is 0.448. The van der Waals surface area contributed by atoms with Crippen LogP contribution in [-0.2, 0) is 28.1 Å². The largest absolute Gasteiger partial charge is 0.496 e. The Bertz CT molecular complexity index is 1750. The highest BCUT2D eigenvalue weighted by Crippen LogP contribution is 2.31. The number of nitrogens with zero attached hydrogens (tertiary/aromatic N) is 6. The van der Waals surface area contributed by atoms with Gasteiger partial charge in [-0.15, -0.1) is 4.80 Å². The monoisotopic (exact) mass is 614 g/mol. The summed E-state index contributed by atoms with van der Waals surface area (Å²) in [5, 5.41) is 17.1. The summed E-state index contributed by atoms with van der Waals surface area (Å²) in [6.45, 7) is 7.33. The lowest BCUT2D eigenvalue weighted by Gasteiger charge is -2.31. The second-order valence-corrected chi connectivity index (χ2v) is 11.7. The summed E-state index contributed by atoms with van der Waals surface area (Å²) in [7, 11) is 1.50. The number of fused-ring (bicyclic) bond motifs is 1. The van der Waals surface area contributed by atoms with Crippen LogP contribution in [0.2, 0.25) is 0 Å². The van der Waals surface area contributed by atoms with Crippen molar-refractivity contribution in [1.82, 2.24) is 29.0 Å². The molecular formula is C29H35FN6O6S. The Labute approximate surface area is 250 Å². The molecule has 3 aromatic heterocycles. The number of halogens is 1. The third kappa shape index (κ3) is 6.30. The molecule has 230 valence electrons. The number of carbonyl (C=O) groups excluding carboxylic acids is 2. The topological polar surface area (TPSA) is 142 Å². The van der Waals surface area contributed by atoms with Crippen molar-refractivity contribution < 1.29 is 23.8 Å². The highest BCUT2D eigenvalue weighted by molar-refractivity contribution is 7.21. The third-order valence-corrected chi connectivity index (χ3v) is 8.61. The summed E-state index contributed by atoms with van der Waals surface area (Å²) < 4.78 is 22.0. The number of carbonyl (C=O) groups is 2. The van der Waals surface area contributed by atoms with Crippen LogP contribution in [-0.4, -0.2) is 72.6 Å². The van der Waals surface area contributed by atoms with Crippen molar-refractivity contribution in [3.05, 3.63) is 68.4 Å². The van der Waals surface area contributed by atoms with Gasteiger partial charge in [-0.2, -0.15) is 10.2 Å². The van der Waals surface area contributed by atoms with Gasteiger partial charge in [0.2, 0.25) is 5.91 Å². The highest BCUT2D eigenvalue weighted by Gasteiger charge is 2.39.